The van der Waals surface area contributed by atoms with Gasteiger partial charge in [-0.1, -0.05) is 30.9 Å². The van der Waals surface area contributed by atoms with Crippen LogP contribution in [-0.4, -0.2) is 17.5 Å². The van der Waals surface area contributed by atoms with Gasteiger partial charge in [-0.3, -0.25) is 9.69 Å². The molecule has 1 unspecified atom stereocenters. The number of carbonyl (C=O) groups excluding carboxylic acids is 1. The van der Waals surface area contributed by atoms with Crippen molar-refractivity contribution in [1.29, 1.82) is 0 Å². The molecule has 6 heteroatoms. The van der Waals surface area contributed by atoms with Gasteiger partial charge in [0.15, 0.2) is 5.72 Å². The van der Waals surface area contributed by atoms with Crippen LogP contribution in [0, 0.1) is 5.41 Å². The van der Waals surface area contributed by atoms with E-state index in [-0.39, 0.29) is 5.91 Å². The monoisotopic (exact) mass is 333 g/mol. The maximum atomic E-state index is 13.1. The molecule has 23 heavy (non-hydrogen) atoms. The largest absolute Gasteiger partial charge is 0.305 e. The van der Waals surface area contributed by atoms with Crippen molar-refractivity contribution in [2.75, 3.05) is 4.90 Å². The first kappa shape index (κ1) is 15.1. The maximum absolute atomic E-state index is 13.1. The number of β-lactam (4-membered cyclic amide) rings is 1. The Morgan fingerprint density at radius 1 is 1.09 bits per heavy atom. The molecule has 0 radical (unpaired) electrons. The van der Waals surface area contributed by atoms with Crippen molar-refractivity contribution in [2.45, 2.75) is 57.5 Å². The third kappa shape index (κ3) is 1.93. The third-order valence-corrected chi connectivity index (χ3v) is 5.40. The van der Waals surface area contributed by atoms with E-state index < -0.39 is 17.0 Å². The molecule has 0 aromatic heterocycles. The topological polar surface area (TPSA) is 54.3 Å². The summed E-state index contributed by atoms with van der Waals surface area (Å²) in [5, 5.41) is 9.45. The van der Waals surface area contributed by atoms with Gasteiger partial charge in [0.05, 0.1) is 0 Å². The molecular formula is C17H20ClN3O2. The van der Waals surface area contributed by atoms with Gasteiger partial charge in [-0.05, 0) is 51.0 Å². The lowest BCUT2D eigenvalue weighted by atomic mass is 9.62. The van der Waals surface area contributed by atoms with Crippen molar-refractivity contribution in [2.24, 2.45) is 15.6 Å². The molecule has 122 valence electrons. The molecule has 0 N–H and O–H groups in total. The number of halogens is 1. The zero-order chi connectivity index (χ0) is 16.3. The summed E-state index contributed by atoms with van der Waals surface area (Å²) in [4.78, 5) is 14.8. The number of fused-ring (bicyclic) bond motifs is 1. The fourth-order valence-electron chi connectivity index (χ4n) is 4.09. The lowest BCUT2D eigenvalue weighted by Gasteiger charge is -2.61. The van der Waals surface area contributed by atoms with E-state index >= 15 is 0 Å². The fourth-order valence-corrected chi connectivity index (χ4v) is 4.22. The Kier molecular flexibility index (Phi) is 3.13. The number of carbonyl (C=O) groups is 1. The van der Waals surface area contributed by atoms with E-state index in [1.165, 1.54) is 0 Å². The summed E-state index contributed by atoms with van der Waals surface area (Å²) >= 11 is 5.98. The quantitative estimate of drug-likeness (QED) is 0.710. The molecule has 2 aliphatic heterocycles. The van der Waals surface area contributed by atoms with E-state index in [1.54, 1.807) is 17.0 Å². The molecular weight excluding hydrogens is 314 g/mol. The van der Waals surface area contributed by atoms with Crippen molar-refractivity contribution >= 4 is 23.2 Å². The van der Waals surface area contributed by atoms with Crippen LogP contribution in [0.2, 0.25) is 5.02 Å². The summed E-state index contributed by atoms with van der Waals surface area (Å²) in [7, 11) is 0. The summed E-state index contributed by atoms with van der Waals surface area (Å²) < 4.78 is 6.27. The standard InChI is InChI=1S/C17H20ClN3O2/c1-15(2)19-20-17(23-15)16(10-4-3-5-11-16)14(22)21(17)13-8-6-12(18)7-9-13/h6-9H,3-5,10-11H2,1-2H3. The second-order valence-electron chi connectivity index (χ2n) is 7.12. The van der Waals surface area contributed by atoms with E-state index in [2.05, 4.69) is 10.2 Å². The Morgan fingerprint density at radius 2 is 1.74 bits per heavy atom. The molecule has 4 rings (SSSR count). The minimum atomic E-state index is -0.998. The minimum Gasteiger partial charge on any atom is -0.305 e. The van der Waals surface area contributed by atoms with Crippen molar-refractivity contribution in [3.8, 4) is 0 Å². The van der Waals surface area contributed by atoms with Gasteiger partial charge in [0, 0.05) is 10.7 Å². The van der Waals surface area contributed by atoms with Crippen LogP contribution in [0.25, 0.3) is 0 Å². The van der Waals surface area contributed by atoms with E-state index in [0.29, 0.717) is 5.02 Å². The second-order valence-corrected chi connectivity index (χ2v) is 7.55. The number of hydrogen-bond donors (Lipinski definition) is 0. The number of anilines is 1. The van der Waals surface area contributed by atoms with Crippen LogP contribution in [0.5, 0.6) is 0 Å². The lowest BCUT2D eigenvalue weighted by molar-refractivity contribution is -0.218. The molecule has 1 saturated carbocycles. The number of amides is 1. The van der Waals surface area contributed by atoms with Gasteiger partial charge in [0.25, 0.3) is 5.85 Å². The Labute approximate surface area is 140 Å². The molecule has 1 aromatic carbocycles. The zero-order valence-corrected chi connectivity index (χ0v) is 14.1. The predicted molar refractivity (Wildman–Crippen MR) is 87.2 cm³/mol. The van der Waals surface area contributed by atoms with E-state index in [4.69, 9.17) is 16.3 Å². The van der Waals surface area contributed by atoms with Crippen molar-refractivity contribution in [1.82, 2.24) is 0 Å². The summed E-state index contributed by atoms with van der Waals surface area (Å²) in [6.07, 6.45) is 4.84. The van der Waals surface area contributed by atoms with Crippen molar-refractivity contribution in [3.63, 3.8) is 0 Å². The molecule has 2 spiro atoms. The highest BCUT2D eigenvalue weighted by Crippen LogP contribution is 2.62. The van der Waals surface area contributed by atoms with Gasteiger partial charge in [-0.25, -0.2) is 0 Å². The van der Waals surface area contributed by atoms with E-state index in [9.17, 15) is 4.79 Å². The lowest BCUT2D eigenvalue weighted by Crippen LogP contribution is -2.79. The van der Waals surface area contributed by atoms with Crippen LogP contribution in [0.4, 0.5) is 5.69 Å². The van der Waals surface area contributed by atoms with Crippen LogP contribution in [0.3, 0.4) is 0 Å². The Bertz CT molecular complexity index is 680. The Balaban J connectivity index is 1.79. The SMILES string of the molecule is CC1(C)N=NC2(O1)N(c1ccc(Cl)cc1)C(=O)C21CCCCC1. The average Bonchev–Trinajstić information content (AvgIpc) is 2.88. The highest BCUT2D eigenvalue weighted by molar-refractivity contribution is 6.30. The number of hydrogen-bond acceptors (Lipinski definition) is 4. The highest BCUT2D eigenvalue weighted by atomic mass is 35.5. The summed E-state index contributed by atoms with van der Waals surface area (Å²) in [5.41, 5.74) is -0.523. The van der Waals surface area contributed by atoms with Gasteiger partial charge in [0.2, 0.25) is 5.91 Å². The average molecular weight is 334 g/mol. The Morgan fingerprint density at radius 3 is 2.30 bits per heavy atom. The molecule has 1 aromatic rings. The minimum absolute atomic E-state index is 0.0937. The normalized spacial score (nSPS) is 30.9. The highest BCUT2D eigenvalue weighted by Gasteiger charge is 2.76. The number of ether oxygens (including phenoxy) is 1. The van der Waals surface area contributed by atoms with E-state index in [0.717, 1.165) is 37.8 Å². The molecule has 1 aliphatic carbocycles. The van der Waals surface area contributed by atoms with Gasteiger partial charge < -0.3 is 4.74 Å². The molecule has 5 nitrogen and oxygen atoms in total. The van der Waals surface area contributed by atoms with Crippen LogP contribution in [0.1, 0.15) is 46.0 Å². The third-order valence-electron chi connectivity index (χ3n) is 5.15. The summed E-state index contributed by atoms with van der Waals surface area (Å²) in [5.74, 6) is -0.905. The Hall–Kier alpha value is -1.46. The number of nitrogens with zero attached hydrogens (tertiary/aromatic N) is 3. The first-order valence-corrected chi connectivity index (χ1v) is 8.53. The van der Waals surface area contributed by atoms with Crippen LogP contribution < -0.4 is 4.90 Å². The van der Waals surface area contributed by atoms with Crippen LogP contribution in [0.15, 0.2) is 34.5 Å². The predicted octanol–water partition coefficient (Wildman–Crippen LogP) is 4.51. The van der Waals surface area contributed by atoms with Gasteiger partial charge in [-0.15, -0.1) is 5.11 Å². The fraction of sp³-hybridized carbons (Fsp3) is 0.588. The van der Waals surface area contributed by atoms with Gasteiger partial charge in [-0.2, -0.15) is 5.11 Å². The summed E-state index contributed by atoms with van der Waals surface area (Å²) in [6, 6.07) is 7.23. The van der Waals surface area contributed by atoms with Crippen LogP contribution in [-0.2, 0) is 9.53 Å². The van der Waals surface area contributed by atoms with Gasteiger partial charge >= 0.3 is 0 Å². The smallest absolute Gasteiger partial charge is 0.281 e. The molecule has 1 amide bonds. The first-order valence-electron chi connectivity index (χ1n) is 8.15. The molecule has 3 aliphatic rings. The first-order chi connectivity index (χ1) is 10.9. The molecule has 1 atom stereocenters. The zero-order valence-electron chi connectivity index (χ0n) is 13.4. The maximum Gasteiger partial charge on any atom is 0.281 e. The number of benzene rings is 1. The molecule has 1 saturated heterocycles. The second kappa shape index (κ2) is 4.77. The number of rotatable bonds is 1. The van der Waals surface area contributed by atoms with Gasteiger partial charge in [0.1, 0.15) is 5.41 Å². The summed E-state index contributed by atoms with van der Waals surface area (Å²) in [6.45, 7) is 3.76. The van der Waals surface area contributed by atoms with Crippen molar-refractivity contribution < 1.29 is 9.53 Å². The molecule has 2 fully saturated rings. The van der Waals surface area contributed by atoms with E-state index in [1.807, 2.05) is 26.0 Å². The number of azo groups is 1. The molecule has 2 heterocycles. The molecule has 0 bridgehead atoms. The van der Waals surface area contributed by atoms with Crippen LogP contribution >= 0.6 is 11.6 Å². The van der Waals surface area contributed by atoms with Crippen molar-refractivity contribution in [3.05, 3.63) is 29.3 Å².